The first-order chi connectivity index (χ1) is 18.6. The largest absolute Gasteiger partial charge is 0.347 e. The van der Waals surface area contributed by atoms with E-state index in [-0.39, 0.29) is 5.91 Å². The van der Waals surface area contributed by atoms with Crippen LogP contribution in [0.3, 0.4) is 0 Å². The Labute approximate surface area is 227 Å². The summed E-state index contributed by atoms with van der Waals surface area (Å²) in [5.74, 6) is 1.39. The van der Waals surface area contributed by atoms with E-state index in [1.165, 1.54) is 57.2 Å². The number of aromatic nitrogens is 4. The first-order valence-electron chi connectivity index (χ1n) is 14.1. The molecule has 8 heteroatoms. The molecule has 0 saturated heterocycles. The van der Waals surface area contributed by atoms with Crippen LogP contribution in [-0.4, -0.2) is 60.8 Å². The number of imidazole rings is 2. The number of hydrogen-bond acceptors (Lipinski definition) is 5. The molecule has 0 unspecified atom stereocenters. The van der Waals surface area contributed by atoms with Crippen molar-refractivity contribution in [3.8, 4) is 0 Å². The third kappa shape index (κ3) is 8.39. The molecule has 204 valence electrons. The van der Waals surface area contributed by atoms with E-state index < -0.39 is 0 Å². The van der Waals surface area contributed by atoms with E-state index in [4.69, 9.17) is 0 Å². The van der Waals surface area contributed by atoms with Gasteiger partial charge in [-0.25, -0.2) is 9.97 Å². The zero-order valence-corrected chi connectivity index (χ0v) is 22.9. The molecule has 2 heterocycles. The number of benzene rings is 1. The van der Waals surface area contributed by atoms with Crippen LogP contribution in [0, 0.1) is 0 Å². The first kappa shape index (κ1) is 27.8. The number of H-pyrrole nitrogens is 2. The summed E-state index contributed by atoms with van der Waals surface area (Å²) < 4.78 is 0. The lowest BCUT2D eigenvalue weighted by molar-refractivity contribution is -0.127. The van der Waals surface area contributed by atoms with Crippen LogP contribution < -0.4 is 5.32 Å². The summed E-state index contributed by atoms with van der Waals surface area (Å²) in [5.41, 5.74) is 2.27. The van der Waals surface area contributed by atoms with Gasteiger partial charge in [-0.05, 0) is 68.8 Å². The summed E-state index contributed by atoms with van der Waals surface area (Å²) in [6.45, 7) is 8.69. The SMILES string of the molecule is CCCN(CCC)[C@H]1CC[C@H](NCc2ccc(C=CC(=O)N(Cc3ncc[nH]3)Cc3ncc[nH]3)cc2)CC1. The van der Waals surface area contributed by atoms with E-state index in [9.17, 15) is 4.79 Å². The molecule has 1 aromatic carbocycles. The molecule has 0 radical (unpaired) electrons. The fourth-order valence-electron chi connectivity index (χ4n) is 5.32. The van der Waals surface area contributed by atoms with Crippen molar-refractivity contribution >= 4 is 12.0 Å². The monoisotopic (exact) mass is 517 g/mol. The van der Waals surface area contributed by atoms with Crippen molar-refractivity contribution in [1.82, 2.24) is 35.1 Å². The van der Waals surface area contributed by atoms with E-state index in [0.717, 1.165) is 29.8 Å². The topological polar surface area (TPSA) is 92.9 Å². The molecule has 0 spiro atoms. The fourth-order valence-corrected chi connectivity index (χ4v) is 5.32. The molecule has 0 bridgehead atoms. The van der Waals surface area contributed by atoms with Gasteiger partial charge in [0.05, 0.1) is 13.1 Å². The Hall–Kier alpha value is -3.23. The molecule has 0 aliphatic heterocycles. The molecular formula is C30H43N7O. The standard InChI is InChI=1S/C30H43N7O/c1-3-19-36(20-4-2)27-12-10-26(11-13-27)35-21-25-7-5-24(6-8-25)9-14-30(38)37(22-28-31-15-16-32-28)23-29-33-17-18-34-29/h5-9,14-18,26-27,35H,3-4,10-13,19-23H2,1-2H3,(H,31,32)(H,33,34)/t26-,27-. The number of carbonyl (C=O) groups excluding carboxylic acids is 1. The van der Waals surface area contributed by atoms with Crippen LogP contribution in [0.5, 0.6) is 0 Å². The second-order valence-electron chi connectivity index (χ2n) is 10.3. The van der Waals surface area contributed by atoms with Gasteiger partial charge < -0.3 is 25.1 Å². The van der Waals surface area contributed by atoms with Crippen LogP contribution in [0.4, 0.5) is 0 Å². The van der Waals surface area contributed by atoms with Crippen molar-refractivity contribution in [1.29, 1.82) is 0 Å². The second-order valence-corrected chi connectivity index (χ2v) is 10.3. The molecule has 4 rings (SSSR count). The van der Waals surface area contributed by atoms with Gasteiger partial charge in [0, 0.05) is 49.5 Å². The van der Waals surface area contributed by atoms with Crippen LogP contribution in [0.1, 0.15) is 75.1 Å². The number of nitrogens with one attached hydrogen (secondary N) is 3. The van der Waals surface area contributed by atoms with Gasteiger partial charge in [-0.1, -0.05) is 38.1 Å². The van der Waals surface area contributed by atoms with Gasteiger partial charge in [0.1, 0.15) is 11.6 Å². The summed E-state index contributed by atoms with van der Waals surface area (Å²) in [6.07, 6.45) is 18.0. The Kier molecular flexibility index (Phi) is 10.7. The Bertz CT molecular complexity index is 1040. The van der Waals surface area contributed by atoms with Crippen molar-refractivity contribution in [3.63, 3.8) is 0 Å². The highest BCUT2D eigenvalue weighted by Crippen LogP contribution is 2.24. The number of hydrogen-bond donors (Lipinski definition) is 3. The number of amides is 1. The smallest absolute Gasteiger partial charge is 0.247 e. The zero-order valence-electron chi connectivity index (χ0n) is 22.9. The summed E-state index contributed by atoms with van der Waals surface area (Å²) in [7, 11) is 0. The van der Waals surface area contributed by atoms with Crippen molar-refractivity contribution in [2.45, 2.75) is 84.1 Å². The Morgan fingerprint density at radius 1 is 0.947 bits per heavy atom. The van der Waals surface area contributed by atoms with E-state index in [1.54, 1.807) is 35.8 Å². The van der Waals surface area contributed by atoms with Crippen LogP contribution in [-0.2, 0) is 24.4 Å². The Morgan fingerprint density at radius 2 is 1.55 bits per heavy atom. The highest BCUT2D eigenvalue weighted by atomic mass is 16.2. The minimum absolute atomic E-state index is 0.0874. The predicted octanol–water partition coefficient (Wildman–Crippen LogP) is 4.90. The van der Waals surface area contributed by atoms with Gasteiger partial charge in [-0.15, -0.1) is 0 Å². The molecule has 1 fully saturated rings. The van der Waals surface area contributed by atoms with Gasteiger partial charge in [0.15, 0.2) is 0 Å². The molecule has 1 saturated carbocycles. The summed E-state index contributed by atoms with van der Waals surface area (Å²) in [6, 6.07) is 9.81. The third-order valence-corrected chi connectivity index (χ3v) is 7.33. The average molecular weight is 518 g/mol. The minimum Gasteiger partial charge on any atom is -0.347 e. The Balaban J connectivity index is 1.25. The lowest BCUT2D eigenvalue weighted by atomic mass is 9.89. The number of carbonyl (C=O) groups is 1. The van der Waals surface area contributed by atoms with Gasteiger partial charge in [-0.3, -0.25) is 4.79 Å². The molecule has 3 N–H and O–H groups in total. The van der Waals surface area contributed by atoms with Crippen molar-refractivity contribution in [2.75, 3.05) is 13.1 Å². The fraction of sp³-hybridized carbons (Fsp3) is 0.500. The molecule has 2 aromatic heterocycles. The molecule has 0 atom stereocenters. The quantitative estimate of drug-likeness (QED) is 0.265. The van der Waals surface area contributed by atoms with Crippen LogP contribution >= 0.6 is 0 Å². The number of nitrogens with zero attached hydrogens (tertiary/aromatic N) is 4. The highest BCUT2D eigenvalue weighted by molar-refractivity contribution is 5.91. The summed E-state index contributed by atoms with van der Waals surface area (Å²) in [5, 5.41) is 3.77. The minimum atomic E-state index is -0.0874. The normalized spacial score (nSPS) is 17.9. The van der Waals surface area contributed by atoms with E-state index in [1.807, 2.05) is 6.08 Å². The predicted molar refractivity (Wildman–Crippen MR) is 152 cm³/mol. The van der Waals surface area contributed by atoms with Crippen LogP contribution in [0.2, 0.25) is 0 Å². The Morgan fingerprint density at radius 3 is 2.08 bits per heavy atom. The average Bonchev–Trinajstić information content (AvgIpc) is 3.66. The second kappa shape index (κ2) is 14.6. The summed E-state index contributed by atoms with van der Waals surface area (Å²) >= 11 is 0. The van der Waals surface area contributed by atoms with Crippen molar-refractivity contribution in [2.24, 2.45) is 0 Å². The number of rotatable bonds is 14. The maximum atomic E-state index is 13.0. The van der Waals surface area contributed by atoms with Crippen LogP contribution in [0.15, 0.2) is 55.1 Å². The van der Waals surface area contributed by atoms with Crippen molar-refractivity contribution < 1.29 is 4.79 Å². The lowest BCUT2D eigenvalue weighted by Gasteiger charge is -2.37. The van der Waals surface area contributed by atoms with E-state index in [0.29, 0.717) is 19.1 Å². The first-order valence-corrected chi connectivity index (χ1v) is 14.1. The molecule has 3 aromatic rings. The lowest BCUT2D eigenvalue weighted by Crippen LogP contribution is -2.43. The molecule has 1 aliphatic carbocycles. The van der Waals surface area contributed by atoms with Gasteiger partial charge in [0.2, 0.25) is 5.91 Å². The molecule has 38 heavy (non-hydrogen) atoms. The molecule has 1 amide bonds. The zero-order chi connectivity index (χ0) is 26.6. The van der Waals surface area contributed by atoms with Crippen molar-refractivity contribution in [3.05, 3.63) is 77.9 Å². The van der Waals surface area contributed by atoms with Gasteiger partial charge in [0.25, 0.3) is 0 Å². The van der Waals surface area contributed by atoms with E-state index in [2.05, 4.69) is 68.3 Å². The molecule has 1 aliphatic rings. The molecular weight excluding hydrogens is 474 g/mol. The maximum Gasteiger partial charge on any atom is 0.247 e. The maximum absolute atomic E-state index is 13.0. The van der Waals surface area contributed by atoms with Crippen LogP contribution in [0.25, 0.3) is 6.08 Å². The van der Waals surface area contributed by atoms with E-state index >= 15 is 0 Å². The number of aromatic amines is 2. The van der Waals surface area contributed by atoms with Gasteiger partial charge in [-0.2, -0.15) is 0 Å². The third-order valence-electron chi connectivity index (χ3n) is 7.33. The highest BCUT2D eigenvalue weighted by Gasteiger charge is 2.24. The molecule has 8 nitrogen and oxygen atoms in total. The summed E-state index contributed by atoms with van der Waals surface area (Å²) in [4.78, 5) is 32.1. The van der Waals surface area contributed by atoms with Gasteiger partial charge >= 0.3 is 0 Å².